The predicted molar refractivity (Wildman–Crippen MR) is 117 cm³/mol. The maximum absolute atomic E-state index is 12.6. The highest BCUT2D eigenvalue weighted by Crippen LogP contribution is 2.31. The summed E-state index contributed by atoms with van der Waals surface area (Å²) in [6.07, 6.45) is 1.23. The summed E-state index contributed by atoms with van der Waals surface area (Å²) in [7, 11) is 0. The first-order valence-electron chi connectivity index (χ1n) is 9.24. The van der Waals surface area contributed by atoms with Gasteiger partial charge in [-0.2, -0.15) is 15.5 Å². The van der Waals surface area contributed by atoms with Crippen LogP contribution in [0.1, 0.15) is 33.0 Å². The van der Waals surface area contributed by atoms with Crippen molar-refractivity contribution in [2.45, 2.75) is 19.8 Å². The number of nitrogen functional groups attached to an aromatic ring is 1. The lowest BCUT2D eigenvalue weighted by Gasteiger charge is -2.04. The van der Waals surface area contributed by atoms with Crippen LogP contribution in [0.15, 0.2) is 30.3 Å². The molecule has 4 aromatic rings. The van der Waals surface area contributed by atoms with Gasteiger partial charge in [0.2, 0.25) is 0 Å². The average Bonchev–Trinajstić information content (AvgIpc) is 3.40. The zero-order valence-electron chi connectivity index (χ0n) is 16.1. The molecule has 0 unspecified atom stereocenters. The summed E-state index contributed by atoms with van der Waals surface area (Å²) in [5, 5.41) is 24.8. The Hall–Kier alpha value is -3.35. The second-order valence-corrected chi connectivity index (χ2v) is 8.21. The number of aromatic nitrogens is 4. The molecule has 0 radical (unpaired) electrons. The number of aromatic amines is 1. The number of benzene rings is 1. The summed E-state index contributed by atoms with van der Waals surface area (Å²) in [5.74, 6) is 0.0591. The van der Waals surface area contributed by atoms with Crippen molar-refractivity contribution in [2.75, 3.05) is 12.3 Å². The SMILES string of the molecule is Cc1nn(-c2cccc(Cl)c2)c2sc(C(=O)NCCCc3[nH]nc(N)c3C#N)cc12. The van der Waals surface area contributed by atoms with E-state index in [0.717, 1.165) is 21.6 Å². The molecular formula is C20H18ClN7OS. The molecule has 0 spiro atoms. The monoisotopic (exact) mass is 439 g/mol. The minimum Gasteiger partial charge on any atom is -0.381 e. The van der Waals surface area contributed by atoms with Crippen molar-refractivity contribution in [3.05, 3.63) is 57.2 Å². The van der Waals surface area contributed by atoms with Crippen LogP contribution in [0.4, 0.5) is 5.82 Å². The zero-order valence-corrected chi connectivity index (χ0v) is 17.6. The third kappa shape index (κ3) is 3.75. The first kappa shape index (κ1) is 19.9. The van der Waals surface area contributed by atoms with E-state index in [1.54, 1.807) is 0 Å². The van der Waals surface area contributed by atoms with Crippen LogP contribution in [-0.4, -0.2) is 32.4 Å². The lowest BCUT2D eigenvalue weighted by molar-refractivity contribution is 0.0957. The lowest BCUT2D eigenvalue weighted by atomic mass is 10.1. The summed E-state index contributed by atoms with van der Waals surface area (Å²) < 4.78 is 1.81. The Kier molecular flexibility index (Phi) is 5.44. The molecule has 0 atom stereocenters. The summed E-state index contributed by atoms with van der Waals surface area (Å²) >= 11 is 7.50. The van der Waals surface area contributed by atoms with Crippen molar-refractivity contribution >= 4 is 44.9 Å². The fourth-order valence-electron chi connectivity index (χ4n) is 3.20. The van der Waals surface area contributed by atoms with E-state index in [-0.39, 0.29) is 11.7 Å². The predicted octanol–water partition coefficient (Wildman–Crippen LogP) is 3.59. The van der Waals surface area contributed by atoms with Crippen LogP contribution in [0, 0.1) is 18.3 Å². The largest absolute Gasteiger partial charge is 0.381 e. The van der Waals surface area contributed by atoms with Gasteiger partial charge in [0.05, 0.1) is 22.0 Å². The Balaban J connectivity index is 1.45. The first-order chi connectivity index (χ1) is 14.5. The Morgan fingerprint density at radius 3 is 3.03 bits per heavy atom. The number of carbonyl (C=O) groups is 1. The van der Waals surface area contributed by atoms with E-state index < -0.39 is 0 Å². The Morgan fingerprint density at radius 1 is 1.43 bits per heavy atom. The second kappa shape index (κ2) is 8.18. The highest BCUT2D eigenvalue weighted by molar-refractivity contribution is 7.20. The highest BCUT2D eigenvalue weighted by atomic mass is 35.5. The van der Waals surface area contributed by atoms with Gasteiger partial charge in [-0.25, -0.2) is 4.68 Å². The molecule has 30 heavy (non-hydrogen) atoms. The molecule has 0 aliphatic carbocycles. The molecule has 0 aliphatic heterocycles. The molecule has 0 saturated carbocycles. The van der Waals surface area contributed by atoms with E-state index in [9.17, 15) is 4.79 Å². The maximum Gasteiger partial charge on any atom is 0.261 e. The van der Waals surface area contributed by atoms with Gasteiger partial charge in [0.15, 0.2) is 5.82 Å². The number of amides is 1. The molecule has 1 amide bonds. The van der Waals surface area contributed by atoms with E-state index >= 15 is 0 Å². The number of carbonyl (C=O) groups excluding carboxylic acids is 1. The van der Waals surface area contributed by atoms with Crippen LogP contribution < -0.4 is 11.1 Å². The molecule has 0 saturated heterocycles. The van der Waals surface area contributed by atoms with Crippen molar-refractivity contribution in [3.8, 4) is 11.8 Å². The molecule has 0 fully saturated rings. The lowest BCUT2D eigenvalue weighted by Crippen LogP contribution is -2.24. The normalized spacial score (nSPS) is 11.0. The van der Waals surface area contributed by atoms with Crippen LogP contribution >= 0.6 is 22.9 Å². The molecule has 10 heteroatoms. The van der Waals surface area contributed by atoms with Gasteiger partial charge in [-0.15, -0.1) is 11.3 Å². The number of hydrogen-bond acceptors (Lipinski definition) is 6. The van der Waals surface area contributed by atoms with E-state index in [0.29, 0.717) is 40.5 Å². The van der Waals surface area contributed by atoms with E-state index in [2.05, 4.69) is 20.6 Å². The van der Waals surface area contributed by atoms with Crippen molar-refractivity contribution in [2.24, 2.45) is 0 Å². The van der Waals surface area contributed by atoms with Crippen LogP contribution in [0.25, 0.3) is 15.9 Å². The number of H-pyrrole nitrogens is 1. The first-order valence-corrected chi connectivity index (χ1v) is 10.4. The summed E-state index contributed by atoms with van der Waals surface area (Å²) in [5.41, 5.74) is 8.38. The van der Waals surface area contributed by atoms with Gasteiger partial charge >= 0.3 is 0 Å². The van der Waals surface area contributed by atoms with Gasteiger partial charge < -0.3 is 11.1 Å². The molecule has 3 aromatic heterocycles. The Morgan fingerprint density at radius 2 is 2.27 bits per heavy atom. The standard InChI is InChI=1S/C20H18ClN7OS/c1-11-14-9-17(30-20(14)28(27-11)13-5-2-4-12(21)8-13)19(29)24-7-3-6-16-15(10-22)18(23)26-25-16/h2,4-5,8-9H,3,6-7H2,1H3,(H,24,29)(H3,23,25,26). The fraction of sp³-hybridized carbons (Fsp3) is 0.200. The summed E-state index contributed by atoms with van der Waals surface area (Å²) in [4.78, 5) is 14.1. The number of nitrogens with two attached hydrogens (primary N) is 1. The topological polar surface area (TPSA) is 125 Å². The number of fused-ring (bicyclic) bond motifs is 1. The molecule has 4 rings (SSSR count). The molecule has 4 N–H and O–H groups in total. The quantitative estimate of drug-likeness (QED) is 0.396. The van der Waals surface area contributed by atoms with Gasteiger partial charge in [0.1, 0.15) is 16.5 Å². The minimum absolute atomic E-state index is 0.141. The van der Waals surface area contributed by atoms with Gasteiger partial charge in [0.25, 0.3) is 5.91 Å². The molecule has 8 nitrogen and oxygen atoms in total. The third-order valence-corrected chi connectivity index (χ3v) is 6.04. The Bertz CT molecular complexity index is 1280. The Labute approximate surface area is 181 Å². The molecule has 1 aromatic carbocycles. The number of anilines is 1. The number of nitriles is 1. The van der Waals surface area contributed by atoms with Gasteiger partial charge in [-0.05, 0) is 44.0 Å². The molecule has 0 aliphatic rings. The number of aryl methyl sites for hydroxylation is 2. The van der Waals surface area contributed by atoms with E-state index in [1.165, 1.54) is 11.3 Å². The van der Waals surface area contributed by atoms with Crippen LogP contribution in [0.5, 0.6) is 0 Å². The van der Waals surface area contributed by atoms with Gasteiger partial charge in [-0.3, -0.25) is 9.89 Å². The number of thiophene rings is 1. The highest BCUT2D eigenvalue weighted by Gasteiger charge is 2.17. The van der Waals surface area contributed by atoms with Crippen molar-refractivity contribution in [1.29, 1.82) is 5.26 Å². The van der Waals surface area contributed by atoms with E-state index in [4.69, 9.17) is 22.6 Å². The number of nitrogens with zero attached hydrogens (tertiary/aromatic N) is 4. The minimum atomic E-state index is -0.141. The maximum atomic E-state index is 12.6. The number of halogens is 1. The smallest absolute Gasteiger partial charge is 0.261 e. The van der Waals surface area contributed by atoms with E-state index in [1.807, 2.05) is 48.0 Å². The molecular weight excluding hydrogens is 422 g/mol. The molecule has 3 heterocycles. The van der Waals surface area contributed by atoms with Crippen LogP contribution in [0.3, 0.4) is 0 Å². The number of hydrogen-bond donors (Lipinski definition) is 3. The van der Waals surface area contributed by atoms with Crippen LogP contribution in [-0.2, 0) is 6.42 Å². The van der Waals surface area contributed by atoms with Crippen molar-refractivity contribution < 1.29 is 4.79 Å². The van der Waals surface area contributed by atoms with Crippen LogP contribution in [0.2, 0.25) is 5.02 Å². The van der Waals surface area contributed by atoms with Crippen molar-refractivity contribution in [1.82, 2.24) is 25.3 Å². The van der Waals surface area contributed by atoms with Gasteiger partial charge in [0, 0.05) is 17.0 Å². The zero-order chi connectivity index (χ0) is 21.3. The fourth-order valence-corrected chi connectivity index (χ4v) is 4.48. The molecule has 0 bridgehead atoms. The third-order valence-electron chi connectivity index (χ3n) is 4.69. The van der Waals surface area contributed by atoms with Crippen molar-refractivity contribution in [3.63, 3.8) is 0 Å². The summed E-state index contributed by atoms with van der Waals surface area (Å²) in [6, 6.07) is 11.3. The average molecular weight is 440 g/mol. The molecule has 152 valence electrons. The summed E-state index contributed by atoms with van der Waals surface area (Å²) in [6.45, 7) is 2.39. The van der Waals surface area contributed by atoms with Gasteiger partial charge in [-0.1, -0.05) is 17.7 Å². The number of nitrogens with one attached hydrogen (secondary N) is 2. The second-order valence-electron chi connectivity index (χ2n) is 6.74. The number of rotatable bonds is 6.